The van der Waals surface area contributed by atoms with Gasteiger partial charge >= 0.3 is 0 Å². The number of anilines is 1. The number of aromatic nitrogens is 5. The van der Waals surface area contributed by atoms with Crippen molar-refractivity contribution in [1.82, 2.24) is 30.0 Å². The quantitative estimate of drug-likeness (QED) is 0.435. The van der Waals surface area contributed by atoms with E-state index in [0.29, 0.717) is 5.82 Å². The Bertz CT molecular complexity index is 1280. The van der Waals surface area contributed by atoms with Crippen LogP contribution in [0.15, 0.2) is 30.3 Å². The first-order valence-electron chi connectivity index (χ1n) is 12.1. The number of hydrogen-bond acceptors (Lipinski definition) is 8. The maximum atomic E-state index is 5.53. The van der Waals surface area contributed by atoms with Crippen molar-refractivity contribution in [3.8, 4) is 0 Å². The highest BCUT2D eigenvalue weighted by Crippen LogP contribution is 2.40. The van der Waals surface area contributed by atoms with Gasteiger partial charge in [-0.15, -0.1) is 11.3 Å². The molecule has 1 aliphatic heterocycles. The molecule has 176 valence electrons. The van der Waals surface area contributed by atoms with Crippen molar-refractivity contribution in [3.05, 3.63) is 63.8 Å². The minimum atomic E-state index is -0.209. The average molecular weight is 476 g/mol. The zero-order valence-electron chi connectivity index (χ0n) is 19.4. The molecule has 3 aromatic heterocycles. The minimum Gasteiger partial charge on any atom is -0.379 e. The van der Waals surface area contributed by atoms with Crippen LogP contribution in [0.3, 0.4) is 0 Å². The number of morpholine rings is 1. The zero-order valence-corrected chi connectivity index (χ0v) is 20.2. The number of H-pyrrole nitrogens is 1. The van der Waals surface area contributed by atoms with Crippen LogP contribution in [0.1, 0.15) is 52.4 Å². The number of nitrogens with zero attached hydrogens (tertiary/aromatic N) is 5. The fraction of sp³-hybridized carbons (Fsp3) is 0.440. The Morgan fingerprint density at radius 2 is 1.91 bits per heavy atom. The monoisotopic (exact) mass is 475 g/mol. The first-order valence-corrected chi connectivity index (χ1v) is 12.9. The number of benzene rings is 1. The lowest BCUT2D eigenvalue weighted by Crippen LogP contribution is -2.36. The highest BCUT2D eigenvalue weighted by Gasteiger charge is 2.26. The van der Waals surface area contributed by atoms with Crippen LogP contribution in [0, 0.1) is 6.92 Å². The molecular formula is C25H29N7OS. The number of aromatic amines is 1. The van der Waals surface area contributed by atoms with Gasteiger partial charge in [0.1, 0.15) is 28.3 Å². The molecule has 0 radical (unpaired) electrons. The van der Waals surface area contributed by atoms with Gasteiger partial charge in [-0.05, 0) is 43.7 Å². The fourth-order valence-corrected chi connectivity index (χ4v) is 6.18. The topological polar surface area (TPSA) is 91.8 Å². The molecule has 0 saturated carbocycles. The van der Waals surface area contributed by atoms with Gasteiger partial charge in [0.2, 0.25) is 0 Å². The van der Waals surface area contributed by atoms with E-state index in [2.05, 4.69) is 49.7 Å². The van der Waals surface area contributed by atoms with Crippen molar-refractivity contribution in [3.63, 3.8) is 0 Å². The summed E-state index contributed by atoms with van der Waals surface area (Å²) in [6, 6.07) is 10.1. The molecule has 1 aromatic carbocycles. The summed E-state index contributed by atoms with van der Waals surface area (Å²) in [7, 11) is 0. The van der Waals surface area contributed by atoms with Crippen LogP contribution >= 0.6 is 11.3 Å². The van der Waals surface area contributed by atoms with Gasteiger partial charge < -0.3 is 10.1 Å². The van der Waals surface area contributed by atoms with E-state index in [-0.39, 0.29) is 6.04 Å². The Kier molecular flexibility index (Phi) is 5.98. The predicted molar refractivity (Wildman–Crippen MR) is 133 cm³/mol. The van der Waals surface area contributed by atoms with Gasteiger partial charge in [0.25, 0.3) is 0 Å². The lowest BCUT2D eigenvalue weighted by Gasteiger charge is -2.26. The molecule has 2 aliphatic rings. The Balaban J connectivity index is 1.44. The molecule has 2 N–H and O–H groups in total. The second-order valence-electron chi connectivity index (χ2n) is 9.04. The van der Waals surface area contributed by atoms with E-state index in [0.717, 1.165) is 73.6 Å². The Morgan fingerprint density at radius 1 is 1.09 bits per heavy atom. The molecule has 1 fully saturated rings. The number of fused-ring (bicyclic) bond motifs is 3. The van der Waals surface area contributed by atoms with Gasteiger partial charge in [-0.2, -0.15) is 5.10 Å². The van der Waals surface area contributed by atoms with Crippen LogP contribution in [-0.4, -0.2) is 56.4 Å². The van der Waals surface area contributed by atoms with Crippen LogP contribution in [0.4, 0.5) is 5.82 Å². The van der Waals surface area contributed by atoms with Crippen molar-refractivity contribution >= 4 is 27.4 Å². The van der Waals surface area contributed by atoms with Crippen molar-refractivity contribution in [2.45, 2.75) is 45.2 Å². The Morgan fingerprint density at radius 3 is 2.71 bits per heavy atom. The standard InChI is InChI=1S/C25H29N7OS/c1-16-26-24(31-30-16)22(17-7-3-2-4-8-17)29-23-21-18-9-5-6-10-19(18)34-25(21)28-20(27-23)15-32-11-13-33-14-12-32/h2-4,7-8,22H,5-6,9-15H2,1H3,(H,26,30,31)(H,27,28,29)/t22-/m0/s1. The van der Waals surface area contributed by atoms with Crippen LogP contribution in [0.25, 0.3) is 10.2 Å². The van der Waals surface area contributed by atoms with Crippen molar-refractivity contribution in [2.75, 3.05) is 31.6 Å². The van der Waals surface area contributed by atoms with Crippen LogP contribution < -0.4 is 5.32 Å². The molecule has 0 spiro atoms. The van der Waals surface area contributed by atoms with E-state index in [1.807, 2.05) is 24.3 Å². The maximum Gasteiger partial charge on any atom is 0.177 e. The first kappa shape index (κ1) is 21.6. The normalized spacial score (nSPS) is 17.6. The fourth-order valence-electron chi connectivity index (χ4n) is 4.90. The smallest absolute Gasteiger partial charge is 0.177 e. The van der Waals surface area contributed by atoms with Gasteiger partial charge in [-0.25, -0.2) is 15.0 Å². The lowest BCUT2D eigenvalue weighted by molar-refractivity contribution is 0.0331. The molecule has 6 rings (SSSR count). The number of aryl methyl sites for hydroxylation is 3. The van der Waals surface area contributed by atoms with Crippen LogP contribution in [-0.2, 0) is 24.1 Å². The summed E-state index contributed by atoms with van der Waals surface area (Å²) in [5.74, 6) is 3.26. The Hall–Kier alpha value is -2.88. The SMILES string of the molecule is Cc1nc([C@@H](Nc2nc(CN3CCOCC3)nc3sc4c(c23)CCCC4)c2ccccc2)n[nH]1. The molecule has 1 atom stereocenters. The van der Waals surface area contributed by atoms with E-state index in [4.69, 9.17) is 14.7 Å². The number of rotatable bonds is 6. The first-order chi connectivity index (χ1) is 16.7. The molecule has 1 aliphatic carbocycles. The van der Waals surface area contributed by atoms with E-state index >= 15 is 0 Å². The van der Waals surface area contributed by atoms with Gasteiger partial charge in [-0.1, -0.05) is 30.3 Å². The van der Waals surface area contributed by atoms with E-state index in [1.54, 1.807) is 0 Å². The second-order valence-corrected chi connectivity index (χ2v) is 10.1. The number of ether oxygens (including phenoxy) is 1. The largest absolute Gasteiger partial charge is 0.379 e. The molecule has 4 aromatic rings. The minimum absolute atomic E-state index is 0.209. The molecule has 4 heterocycles. The van der Waals surface area contributed by atoms with E-state index in [1.165, 1.54) is 28.7 Å². The molecule has 0 bridgehead atoms. The van der Waals surface area contributed by atoms with E-state index in [9.17, 15) is 0 Å². The number of thiophene rings is 1. The van der Waals surface area contributed by atoms with Gasteiger partial charge in [0.05, 0.1) is 25.1 Å². The summed E-state index contributed by atoms with van der Waals surface area (Å²) < 4.78 is 5.53. The summed E-state index contributed by atoms with van der Waals surface area (Å²) in [5, 5.41) is 12.4. The predicted octanol–water partition coefficient (Wildman–Crippen LogP) is 4.03. The second kappa shape index (κ2) is 9.40. The molecule has 9 heteroatoms. The van der Waals surface area contributed by atoms with Gasteiger partial charge in [0, 0.05) is 18.0 Å². The highest BCUT2D eigenvalue weighted by atomic mass is 32.1. The molecular weight excluding hydrogens is 446 g/mol. The average Bonchev–Trinajstić information content (AvgIpc) is 3.47. The lowest BCUT2D eigenvalue weighted by atomic mass is 9.96. The van der Waals surface area contributed by atoms with Crippen LogP contribution in [0.2, 0.25) is 0 Å². The molecule has 34 heavy (non-hydrogen) atoms. The summed E-state index contributed by atoms with van der Waals surface area (Å²) in [6.45, 7) is 6.01. The summed E-state index contributed by atoms with van der Waals surface area (Å²) >= 11 is 1.84. The number of nitrogens with one attached hydrogen (secondary N) is 2. The van der Waals surface area contributed by atoms with Crippen molar-refractivity contribution in [2.24, 2.45) is 0 Å². The molecule has 1 saturated heterocycles. The van der Waals surface area contributed by atoms with Crippen molar-refractivity contribution < 1.29 is 4.74 Å². The molecule has 0 unspecified atom stereocenters. The van der Waals surface area contributed by atoms with Crippen molar-refractivity contribution in [1.29, 1.82) is 0 Å². The summed E-state index contributed by atoms with van der Waals surface area (Å²) in [5.41, 5.74) is 2.52. The van der Waals surface area contributed by atoms with Crippen LogP contribution in [0.5, 0.6) is 0 Å². The third-order valence-electron chi connectivity index (χ3n) is 6.62. The number of hydrogen-bond donors (Lipinski definition) is 2. The summed E-state index contributed by atoms with van der Waals surface area (Å²) in [6.07, 6.45) is 4.69. The third-order valence-corrected chi connectivity index (χ3v) is 7.80. The third kappa shape index (κ3) is 4.31. The van der Waals surface area contributed by atoms with E-state index < -0.39 is 0 Å². The van der Waals surface area contributed by atoms with Gasteiger partial charge in [0.15, 0.2) is 5.82 Å². The van der Waals surface area contributed by atoms with Gasteiger partial charge in [-0.3, -0.25) is 10.00 Å². The highest BCUT2D eigenvalue weighted by molar-refractivity contribution is 7.19. The molecule has 8 nitrogen and oxygen atoms in total. The maximum absolute atomic E-state index is 5.53. The Labute approximate surface area is 202 Å². The molecule has 0 amide bonds. The summed E-state index contributed by atoms with van der Waals surface area (Å²) in [4.78, 5) is 19.7. The zero-order chi connectivity index (χ0) is 22.9.